The Morgan fingerprint density at radius 3 is 2.75 bits per heavy atom. The van der Waals surface area contributed by atoms with Crippen LogP contribution in [-0.4, -0.2) is 22.8 Å². The number of pyridine rings is 1. The highest BCUT2D eigenvalue weighted by molar-refractivity contribution is 5.84. The Hall–Kier alpha value is -1.84. The summed E-state index contributed by atoms with van der Waals surface area (Å²) in [6.07, 6.45) is 0.778. The summed E-state index contributed by atoms with van der Waals surface area (Å²) in [5.41, 5.74) is 1.25. The molecule has 2 aromatic heterocycles. The second-order valence-electron chi connectivity index (χ2n) is 3.92. The minimum Gasteiger partial charge on any atom is -0.482 e. The zero-order chi connectivity index (χ0) is 11.7. The van der Waals surface area contributed by atoms with Gasteiger partial charge in [0.05, 0.1) is 12.6 Å². The number of aromatic nitrogens is 2. The molecule has 0 aliphatic heterocycles. The van der Waals surface area contributed by atoms with Crippen LogP contribution in [0.25, 0.3) is 5.52 Å². The van der Waals surface area contributed by atoms with E-state index >= 15 is 0 Å². The van der Waals surface area contributed by atoms with Gasteiger partial charge < -0.3 is 4.74 Å². The lowest BCUT2D eigenvalue weighted by Gasteiger charge is -2.08. The van der Waals surface area contributed by atoms with Gasteiger partial charge in [-0.15, -0.1) is 0 Å². The number of imidazole rings is 1. The third-order valence-electron chi connectivity index (χ3n) is 2.52. The van der Waals surface area contributed by atoms with E-state index < -0.39 is 0 Å². The van der Waals surface area contributed by atoms with Crippen molar-refractivity contribution < 1.29 is 9.53 Å². The van der Waals surface area contributed by atoms with Gasteiger partial charge in [0.15, 0.2) is 12.2 Å². The summed E-state index contributed by atoms with van der Waals surface area (Å²) < 4.78 is 7.17. The Morgan fingerprint density at radius 1 is 1.44 bits per heavy atom. The second-order valence-corrected chi connectivity index (χ2v) is 3.92. The lowest BCUT2D eigenvalue weighted by Crippen LogP contribution is -2.00. The predicted molar refractivity (Wildman–Crippen MR) is 61.2 cm³/mol. The van der Waals surface area contributed by atoms with Gasteiger partial charge in [-0.05, 0) is 12.1 Å². The standard InChI is InChI=1S/C12H14N2O2/c1-8(2)12-13-9(7-15)10-5-4-6-11(16-3)14(10)12/h4-8H,1-3H3. The zero-order valence-corrected chi connectivity index (χ0v) is 9.60. The van der Waals surface area contributed by atoms with Crippen molar-refractivity contribution >= 4 is 11.8 Å². The molecule has 2 heterocycles. The van der Waals surface area contributed by atoms with Crippen LogP contribution in [0.3, 0.4) is 0 Å². The van der Waals surface area contributed by atoms with Crippen LogP contribution >= 0.6 is 0 Å². The van der Waals surface area contributed by atoms with Gasteiger partial charge in [0, 0.05) is 5.92 Å². The van der Waals surface area contributed by atoms with E-state index in [0.717, 1.165) is 17.6 Å². The summed E-state index contributed by atoms with van der Waals surface area (Å²) in [4.78, 5) is 15.3. The maximum absolute atomic E-state index is 10.9. The Morgan fingerprint density at radius 2 is 2.19 bits per heavy atom. The van der Waals surface area contributed by atoms with Crippen LogP contribution < -0.4 is 4.74 Å². The first-order valence-electron chi connectivity index (χ1n) is 5.19. The molecule has 0 bridgehead atoms. The first-order chi connectivity index (χ1) is 7.69. The topological polar surface area (TPSA) is 43.6 Å². The van der Waals surface area contributed by atoms with E-state index in [2.05, 4.69) is 4.98 Å². The highest BCUT2D eigenvalue weighted by Crippen LogP contribution is 2.24. The fourth-order valence-electron chi connectivity index (χ4n) is 1.79. The van der Waals surface area contributed by atoms with Crippen molar-refractivity contribution in [2.24, 2.45) is 0 Å². The second kappa shape index (κ2) is 3.96. The molecule has 84 valence electrons. The number of methoxy groups -OCH3 is 1. The predicted octanol–water partition coefficient (Wildman–Crippen LogP) is 2.28. The molecule has 4 heteroatoms. The van der Waals surface area contributed by atoms with Crippen LogP contribution in [0.5, 0.6) is 5.88 Å². The molecule has 0 fully saturated rings. The molecule has 0 N–H and O–H groups in total. The van der Waals surface area contributed by atoms with E-state index in [4.69, 9.17) is 4.74 Å². The fraction of sp³-hybridized carbons (Fsp3) is 0.333. The van der Waals surface area contributed by atoms with Crippen LogP contribution in [0.15, 0.2) is 18.2 Å². The fourth-order valence-corrected chi connectivity index (χ4v) is 1.79. The first-order valence-corrected chi connectivity index (χ1v) is 5.19. The lowest BCUT2D eigenvalue weighted by molar-refractivity contribution is 0.112. The summed E-state index contributed by atoms with van der Waals surface area (Å²) in [7, 11) is 1.61. The van der Waals surface area contributed by atoms with Crippen LogP contribution in [0.1, 0.15) is 36.1 Å². The van der Waals surface area contributed by atoms with Crippen LogP contribution in [0.2, 0.25) is 0 Å². The normalized spacial score (nSPS) is 11.0. The van der Waals surface area contributed by atoms with Gasteiger partial charge in [-0.2, -0.15) is 0 Å². The van der Waals surface area contributed by atoms with Crippen molar-refractivity contribution in [3.63, 3.8) is 0 Å². The minimum absolute atomic E-state index is 0.234. The van der Waals surface area contributed by atoms with Gasteiger partial charge in [-0.25, -0.2) is 4.98 Å². The van der Waals surface area contributed by atoms with E-state index in [1.807, 2.05) is 36.4 Å². The summed E-state index contributed by atoms with van der Waals surface area (Å²) in [6, 6.07) is 5.58. The number of fused-ring (bicyclic) bond motifs is 1. The molecule has 0 saturated carbocycles. The van der Waals surface area contributed by atoms with Crippen molar-refractivity contribution in [2.45, 2.75) is 19.8 Å². The van der Waals surface area contributed by atoms with Crippen LogP contribution in [-0.2, 0) is 0 Å². The third-order valence-corrected chi connectivity index (χ3v) is 2.52. The highest BCUT2D eigenvalue weighted by atomic mass is 16.5. The quantitative estimate of drug-likeness (QED) is 0.742. The monoisotopic (exact) mass is 218 g/mol. The van der Waals surface area contributed by atoms with Gasteiger partial charge in [0.2, 0.25) is 0 Å². The molecule has 0 atom stereocenters. The molecular weight excluding hydrogens is 204 g/mol. The van der Waals surface area contributed by atoms with Gasteiger partial charge >= 0.3 is 0 Å². The summed E-state index contributed by atoms with van der Waals surface area (Å²) in [6.45, 7) is 4.07. The Kier molecular flexibility index (Phi) is 2.64. The number of carbonyl (C=O) groups excluding carboxylic acids is 1. The maximum Gasteiger partial charge on any atom is 0.199 e. The first kappa shape index (κ1) is 10.7. The molecule has 0 aliphatic rings. The van der Waals surface area contributed by atoms with Crippen molar-refractivity contribution in [3.8, 4) is 5.88 Å². The lowest BCUT2D eigenvalue weighted by atomic mass is 10.2. The summed E-state index contributed by atoms with van der Waals surface area (Å²) in [5.74, 6) is 1.77. The molecule has 0 spiro atoms. The van der Waals surface area contributed by atoms with Gasteiger partial charge in [0.1, 0.15) is 11.5 Å². The number of carbonyl (C=O) groups is 1. The number of rotatable bonds is 3. The van der Waals surface area contributed by atoms with E-state index in [1.54, 1.807) is 7.11 Å². The number of ether oxygens (including phenoxy) is 1. The Bertz CT molecular complexity index is 529. The molecule has 0 saturated heterocycles. The Balaban J connectivity index is 2.85. The van der Waals surface area contributed by atoms with Crippen molar-refractivity contribution in [3.05, 3.63) is 29.7 Å². The van der Waals surface area contributed by atoms with E-state index in [9.17, 15) is 4.79 Å². The highest BCUT2D eigenvalue weighted by Gasteiger charge is 2.15. The molecule has 0 amide bonds. The average molecular weight is 218 g/mol. The number of aldehydes is 1. The van der Waals surface area contributed by atoms with E-state index in [0.29, 0.717) is 11.6 Å². The number of hydrogen-bond acceptors (Lipinski definition) is 3. The zero-order valence-electron chi connectivity index (χ0n) is 9.60. The summed E-state index contributed by atoms with van der Waals surface area (Å²) >= 11 is 0. The SMILES string of the molecule is COc1cccc2c(C=O)nc(C(C)C)n12. The number of nitrogens with zero attached hydrogens (tertiary/aromatic N) is 2. The molecule has 0 unspecified atom stereocenters. The largest absolute Gasteiger partial charge is 0.482 e. The minimum atomic E-state index is 0.234. The van der Waals surface area contributed by atoms with Crippen LogP contribution in [0, 0.1) is 0 Å². The Labute approximate surface area is 93.9 Å². The van der Waals surface area contributed by atoms with Crippen molar-refractivity contribution in [1.82, 2.24) is 9.38 Å². The number of hydrogen-bond donors (Lipinski definition) is 0. The molecule has 16 heavy (non-hydrogen) atoms. The molecule has 2 rings (SSSR count). The molecule has 0 aliphatic carbocycles. The van der Waals surface area contributed by atoms with Gasteiger partial charge in [0.25, 0.3) is 0 Å². The molecular formula is C12H14N2O2. The maximum atomic E-state index is 10.9. The van der Waals surface area contributed by atoms with Gasteiger partial charge in [-0.1, -0.05) is 19.9 Å². The van der Waals surface area contributed by atoms with Crippen molar-refractivity contribution in [1.29, 1.82) is 0 Å². The average Bonchev–Trinajstić information content (AvgIpc) is 2.67. The molecule has 0 radical (unpaired) electrons. The third kappa shape index (κ3) is 1.46. The molecule has 4 nitrogen and oxygen atoms in total. The van der Waals surface area contributed by atoms with E-state index in [-0.39, 0.29) is 5.92 Å². The van der Waals surface area contributed by atoms with Crippen molar-refractivity contribution in [2.75, 3.05) is 7.11 Å². The molecule has 2 aromatic rings. The molecule has 0 aromatic carbocycles. The van der Waals surface area contributed by atoms with Gasteiger partial charge in [-0.3, -0.25) is 9.20 Å². The van der Waals surface area contributed by atoms with Crippen LogP contribution in [0.4, 0.5) is 0 Å². The van der Waals surface area contributed by atoms with E-state index in [1.165, 1.54) is 0 Å². The summed E-state index contributed by atoms with van der Waals surface area (Å²) in [5, 5.41) is 0. The smallest absolute Gasteiger partial charge is 0.199 e.